The maximum absolute atomic E-state index is 6.24. The molecule has 0 radical (unpaired) electrons. The number of nitrogens with zero attached hydrogens (tertiary/aromatic N) is 5. The Balaban J connectivity index is 2.15. The Kier molecular flexibility index (Phi) is 3.36. The lowest BCUT2D eigenvalue weighted by Gasteiger charge is -2.09. The van der Waals surface area contributed by atoms with Gasteiger partial charge < -0.3 is 4.57 Å². The van der Waals surface area contributed by atoms with Crippen molar-refractivity contribution in [1.82, 2.24) is 24.7 Å². The summed E-state index contributed by atoms with van der Waals surface area (Å²) in [5.74, 6) is 0.797. The molecule has 3 rings (SSSR count). The first-order valence-electron chi connectivity index (χ1n) is 6.39. The van der Waals surface area contributed by atoms with Crippen LogP contribution in [-0.2, 0) is 6.54 Å². The van der Waals surface area contributed by atoms with Gasteiger partial charge >= 0.3 is 0 Å². The van der Waals surface area contributed by atoms with Crippen LogP contribution in [0.2, 0.25) is 0 Å². The number of imidazole rings is 1. The van der Waals surface area contributed by atoms with E-state index >= 15 is 0 Å². The Morgan fingerprint density at radius 2 is 2.10 bits per heavy atom. The van der Waals surface area contributed by atoms with Crippen LogP contribution in [0, 0.1) is 6.92 Å². The molecule has 1 atom stereocenters. The van der Waals surface area contributed by atoms with Crippen molar-refractivity contribution < 1.29 is 0 Å². The summed E-state index contributed by atoms with van der Waals surface area (Å²) >= 11 is 6.24. The van der Waals surface area contributed by atoms with Gasteiger partial charge in [-0.1, -0.05) is 0 Å². The minimum atomic E-state index is -0.193. The monoisotopic (exact) mass is 287 g/mol. The molecule has 5 nitrogen and oxygen atoms in total. The van der Waals surface area contributed by atoms with Crippen molar-refractivity contribution in [3.8, 4) is 0 Å². The second kappa shape index (κ2) is 5.17. The summed E-state index contributed by atoms with van der Waals surface area (Å²) in [6.07, 6.45) is 1.66. The van der Waals surface area contributed by atoms with Crippen LogP contribution in [0.1, 0.15) is 29.5 Å². The number of alkyl halides is 1. The van der Waals surface area contributed by atoms with E-state index in [2.05, 4.69) is 20.2 Å². The summed E-state index contributed by atoms with van der Waals surface area (Å²) in [7, 11) is 0. The molecule has 102 valence electrons. The first kappa shape index (κ1) is 13.0. The quantitative estimate of drug-likeness (QED) is 0.695. The fraction of sp³-hybridized carbons (Fsp3) is 0.286. The SMILES string of the molecule is Cc1ccc2nc(C(C)Cl)n(Cc3cccnn3)c2n1. The van der Waals surface area contributed by atoms with Gasteiger partial charge in [-0.15, -0.1) is 11.6 Å². The molecule has 0 aliphatic carbocycles. The van der Waals surface area contributed by atoms with Gasteiger partial charge in [0.25, 0.3) is 0 Å². The average Bonchev–Trinajstić information content (AvgIpc) is 2.78. The van der Waals surface area contributed by atoms with Crippen LogP contribution in [0.5, 0.6) is 0 Å². The van der Waals surface area contributed by atoms with E-state index in [-0.39, 0.29) is 5.38 Å². The van der Waals surface area contributed by atoms with Gasteiger partial charge in [0, 0.05) is 11.9 Å². The zero-order valence-electron chi connectivity index (χ0n) is 11.3. The fourth-order valence-corrected chi connectivity index (χ4v) is 2.32. The number of halogens is 1. The fourth-order valence-electron chi connectivity index (χ4n) is 2.15. The molecule has 0 aliphatic heterocycles. The standard InChI is InChI=1S/C14H14ClN5/c1-9-5-6-12-14(17-9)20(13(18-12)10(2)15)8-11-4-3-7-16-19-11/h3-7,10H,8H2,1-2H3. The summed E-state index contributed by atoms with van der Waals surface area (Å²) in [4.78, 5) is 9.14. The summed E-state index contributed by atoms with van der Waals surface area (Å²) in [6.45, 7) is 4.43. The smallest absolute Gasteiger partial charge is 0.160 e. The third kappa shape index (κ3) is 2.36. The molecule has 0 saturated carbocycles. The third-order valence-corrected chi connectivity index (χ3v) is 3.26. The van der Waals surface area contributed by atoms with Crippen LogP contribution in [0.4, 0.5) is 0 Å². The summed E-state index contributed by atoms with van der Waals surface area (Å²) in [5, 5.41) is 7.82. The van der Waals surface area contributed by atoms with Crippen LogP contribution < -0.4 is 0 Å². The molecule has 0 N–H and O–H groups in total. The number of fused-ring (bicyclic) bond motifs is 1. The van der Waals surface area contributed by atoms with Crippen molar-refractivity contribution in [2.75, 3.05) is 0 Å². The molecule has 3 heterocycles. The van der Waals surface area contributed by atoms with Gasteiger partial charge in [0.1, 0.15) is 11.3 Å². The van der Waals surface area contributed by atoms with Gasteiger partial charge in [-0.05, 0) is 38.1 Å². The summed E-state index contributed by atoms with van der Waals surface area (Å²) in [5.41, 5.74) is 3.49. The molecule has 1 unspecified atom stereocenters. The first-order chi connectivity index (χ1) is 9.65. The van der Waals surface area contributed by atoms with Gasteiger partial charge in [0.05, 0.1) is 17.6 Å². The Labute approximate surface area is 121 Å². The van der Waals surface area contributed by atoms with Crippen LogP contribution in [0.3, 0.4) is 0 Å². The number of pyridine rings is 1. The predicted octanol–water partition coefficient (Wildman–Crippen LogP) is 2.88. The predicted molar refractivity (Wildman–Crippen MR) is 77.7 cm³/mol. The highest BCUT2D eigenvalue weighted by molar-refractivity contribution is 6.20. The number of aryl methyl sites for hydroxylation is 1. The lowest BCUT2D eigenvalue weighted by Crippen LogP contribution is -2.08. The maximum Gasteiger partial charge on any atom is 0.160 e. The highest BCUT2D eigenvalue weighted by Crippen LogP contribution is 2.24. The van der Waals surface area contributed by atoms with E-state index in [1.165, 1.54) is 0 Å². The molecule has 0 fully saturated rings. The zero-order chi connectivity index (χ0) is 14.1. The Bertz CT molecular complexity index is 736. The van der Waals surface area contributed by atoms with Gasteiger partial charge in [0.2, 0.25) is 0 Å². The van der Waals surface area contributed by atoms with Crippen LogP contribution >= 0.6 is 11.6 Å². The lowest BCUT2D eigenvalue weighted by atomic mass is 10.3. The number of rotatable bonds is 3. The Morgan fingerprint density at radius 1 is 1.25 bits per heavy atom. The van der Waals surface area contributed by atoms with Gasteiger partial charge in [0.15, 0.2) is 5.65 Å². The first-order valence-corrected chi connectivity index (χ1v) is 6.83. The van der Waals surface area contributed by atoms with Crippen molar-refractivity contribution in [1.29, 1.82) is 0 Å². The van der Waals surface area contributed by atoms with Crippen LogP contribution in [-0.4, -0.2) is 24.7 Å². The highest BCUT2D eigenvalue weighted by atomic mass is 35.5. The third-order valence-electron chi connectivity index (χ3n) is 3.06. The van der Waals surface area contributed by atoms with E-state index in [1.54, 1.807) is 6.20 Å². The summed E-state index contributed by atoms with van der Waals surface area (Å²) in [6, 6.07) is 7.71. The van der Waals surface area contributed by atoms with Gasteiger partial charge in [-0.3, -0.25) is 0 Å². The minimum absolute atomic E-state index is 0.193. The molecule has 0 spiro atoms. The van der Waals surface area contributed by atoms with Crippen LogP contribution in [0.25, 0.3) is 11.2 Å². The molecular formula is C14H14ClN5. The van der Waals surface area contributed by atoms with Crippen molar-refractivity contribution in [2.45, 2.75) is 25.8 Å². The molecule has 3 aromatic rings. The minimum Gasteiger partial charge on any atom is -0.305 e. The van der Waals surface area contributed by atoms with E-state index < -0.39 is 0 Å². The Hall–Kier alpha value is -2.01. The van der Waals surface area contributed by atoms with Gasteiger partial charge in [-0.25, -0.2) is 9.97 Å². The number of hydrogen-bond donors (Lipinski definition) is 0. The zero-order valence-corrected chi connectivity index (χ0v) is 12.0. The van der Waals surface area contributed by atoms with Crippen molar-refractivity contribution >= 4 is 22.8 Å². The summed E-state index contributed by atoms with van der Waals surface area (Å²) < 4.78 is 2.00. The second-order valence-electron chi connectivity index (χ2n) is 4.68. The van der Waals surface area contributed by atoms with Crippen LogP contribution in [0.15, 0.2) is 30.5 Å². The van der Waals surface area contributed by atoms with E-state index in [0.717, 1.165) is 28.4 Å². The maximum atomic E-state index is 6.24. The van der Waals surface area contributed by atoms with E-state index in [1.807, 2.05) is 42.7 Å². The molecule has 20 heavy (non-hydrogen) atoms. The molecule has 0 amide bonds. The van der Waals surface area contributed by atoms with E-state index in [4.69, 9.17) is 11.6 Å². The molecule has 0 saturated heterocycles. The van der Waals surface area contributed by atoms with Crippen molar-refractivity contribution in [3.05, 3.63) is 47.7 Å². The molecule has 3 aromatic heterocycles. The molecule has 0 aliphatic rings. The van der Waals surface area contributed by atoms with E-state index in [9.17, 15) is 0 Å². The van der Waals surface area contributed by atoms with E-state index in [0.29, 0.717) is 6.54 Å². The lowest BCUT2D eigenvalue weighted by molar-refractivity contribution is 0.709. The van der Waals surface area contributed by atoms with Crippen molar-refractivity contribution in [2.24, 2.45) is 0 Å². The molecule has 0 bridgehead atoms. The molecule has 6 heteroatoms. The van der Waals surface area contributed by atoms with Crippen molar-refractivity contribution in [3.63, 3.8) is 0 Å². The Morgan fingerprint density at radius 3 is 2.80 bits per heavy atom. The number of aromatic nitrogens is 5. The second-order valence-corrected chi connectivity index (χ2v) is 5.34. The average molecular weight is 288 g/mol. The largest absolute Gasteiger partial charge is 0.305 e. The topological polar surface area (TPSA) is 56.5 Å². The van der Waals surface area contributed by atoms with Gasteiger partial charge in [-0.2, -0.15) is 10.2 Å². The highest BCUT2D eigenvalue weighted by Gasteiger charge is 2.16. The number of hydrogen-bond acceptors (Lipinski definition) is 4. The normalized spacial score (nSPS) is 12.8. The molecule has 0 aromatic carbocycles. The molecular weight excluding hydrogens is 274 g/mol.